The summed E-state index contributed by atoms with van der Waals surface area (Å²) in [6.45, 7) is 2.39. The minimum Gasteiger partial charge on any atom is -0.396 e. The Morgan fingerprint density at radius 1 is 1.25 bits per heavy atom. The molecule has 0 amide bonds. The second kappa shape index (κ2) is 5.46. The van der Waals surface area contributed by atoms with E-state index >= 15 is 0 Å². The minimum absolute atomic E-state index is 0.119. The van der Waals surface area contributed by atoms with Gasteiger partial charge in [0, 0.05) is 18.6 Å². The molecule has 1 fully saturated rings. The molecule has 1 aromatic carbocycles. The third kappa shape index (κ3) is 2.83. The lowest BCUT2D eigenvalue weighted by atomic mass is 9.77. The zero-order valence-corrected chi connectivity index (χ0v) is 9.78. The molecule has 2 N–H and O–H groups in total. The molecule has 1 aromatic rings. The van der Waals surface area contributed by atoms with E-state index in [1.165, 1.54) is 12.0 Å². The molecule has 0 saturated carbocycles. The fourth-order valence-electron chi connectivity index (χ4n) is 2.51. The van der Waals surface area contributed by atoms with E-state index in [2.05, 4.69) is 29.6 Å². The van der Waals surface area contributed by atoms with Crippen LogP contribution in [0.5, 0.6) is 0 Å². The third-order valence-corrected chi connectivity index (χ3v) is 3.68. The van der Waals surface area contributed by atoms with Crippen molar-refractivity contribution in [3.8, 4) is 0 Å². The van der Waals surface area contributed by atoms with Crippen LogP contribution in [0.3, 0.4) is 0 Å². The summed E-state index contributed by atoms with van der Waals surface area (Å²) in [5.74, 6) is 0. The quantitative estimate of drug-likeness (QED) is 0.811. The molecule has 1 saturated heterocycles. The molecule has 16 heavy (non-hydrogen) atoms. The Balaban J connectivity index is 1.92. The first-order valence-corrected chi connectivity index (χ1v) is 6.20. The largest absolute Gasteiger partial charge is 0.396 e. The Labute approximate surface area is 97.7 Å². The first kappa shape index (κ1) is 11.6. The minimum atomic E-state index is 0.119. The molecular formula is C14H21NO. The fraction of sp³-hybridized carbons (Fsp3) is 0.571. The van der Waals surface area contributed by atoms with E-state index in [1.807, 2.05) is 6.07 Å². The van der Waals surface area contributed by atoms with Crippen molar-refractivity contribution in [3.63, 3.8) is 0 Å². The summed E-state index contributed by atoms with van der Waals surface area (Å²) in [6.07, 6.45) is 4.50. The van der Waals surface area contributed by atoms with Crippen LogP contribution in [0.25, 0.3) is 0 Å². The van der Waals surface area contributed by atoms with Gasteiger partial charge in [0.1, 0.15) is 0 Å². The molecule has 2 nitrogen and oxygen atoms in total. The second-order valence-corrected chi connectivity index (χ2v) is 4.92. The van der Waals surface area contributed by atoms with Crippen LogP contribution in [0.2, 0.25) is 0 Å². The van der Waals surface area contributed by atoms with Crippen molar-refractivity contribution >= 4 is 0 Å². The van der Waals surface area contributed by atoms with E-state index in [-0.39, 0.29) is 5.41 Å². The number of aryl methyl sites for hydroxylation is 1. The van der Waals surface area contributed by atoms with Crippen molar-refractivity contribution in [2.75, 3.05) is 19.7 Å². The highest BCUT2D eigenvalue weighted by Gasteiger charge is 2.30. The predicted molar refractivity (Wildman–Crippen MR) is 66.4 cm³/mol. The molecule has 1 aliphatic heterocycles. The highest BCUT2D eigenvalue weighted by atomic mass is 16.3. The van der Waals surface area contributed by atoms with Crippen molar-refractivity contribution in [1.29, 1.82) is 0 Å². The van der Waals surface area contributed by atoms with E-state index in [0.717, 1.165) is 32.4 Å². The molecule has 2 heteroatoms. The van der Waals surface area contributed by atoms with Gasteiger partial charge >= 0.3 is 0 Å². The Morgan fingerprint density at radius 3 is 2.69 bits per heavy atom. The molecule has 1 aliphatic rings. The number of aliphatic hydroxyl groups excluding tert-OH is 1. The highest BCUT2D eigenvalue weighted by Crippen LogP contribution is 2.30. The van der Waals surface area contributed by atoms with Gasteiger partial charge in [0.2, 0.25) is 0 Å². The standard InChI is InChI=1S/C14H21NO/c16-12-14(8-4-10-15-11-14)9-7-13-5-2-1-3-6-13/h1-3,5-6,15-16H,4,7-12H2. The van der Waals surface area contributed by atoms with Crippen LogP contribution in [0, 0.1) is 5.41 Å². The highest BCUT2D eigenvalue weighted by molar-refractivity contribution is 5.15. The lowest BCUT2D eigenvalue weighted by Crippen LogP contribution is -2.42. The maximum atomic E-state index is 9.58. The van der Waals surface area contributed by atoms with Crippen LogP contribution in [-0.4, -0.2) is 24.8 Å². The monoisotopic (exact) mass is 219 g/mol. The van der Waals surface area contributed by atoms with Gasteiger partial charge in [-0.2, -0.15) is 0 Å². The van der Waals surface area contributed by atoms with Crippen LogP contribution in [0.15, 0.2) is 30.3 Å². The maximum absolute atomic E-state index is 9.58. The number of rotatable bonds is 4. The van der Waals surface area contributed by atoms with E-state index in [9.17, 15) is 5.11 Å². The molecule has 0 bridgehead atoms. The first-order valence-electron chi connectivity index (χ1n) is 6.20. The van der Waals surface area contributed by atoms with Crippen molar-refractivity contribution in [3.05, 3.63) is 35.9 Å². The summed E-state index contributed by atoms with van der Waals surface area (Å²) in [4.78, 5) is 0. The lowest BCUT2D eigenvalue weighted by Gasteiger charge is -2.36. The summed E-state index contributed by atoms with van der Waals surface area (Å²) in [6, 6.07) is 10.6. The van der Waals surface area contributed by atoms with E-state index in [4.69, 9.17) is 0 Å². The number of benzene rings is 1. The molecule has 2 rings (SSSR count). The number of aliphatic hydroxyl groups is 1. The first-order chi connectivity index (χ1) is 7.85. The maximum Gasteiger partial charge on any atom is 0.0499 e. The number of hydrogen-bond acceptors (Lipinski definition) is 2. The van der Waals surface area contributed by atoms with Crippen LogP contribution in [0.4, 0.5) is 0 Å². The summed E-state index contributed by atoms with van der Waals surface area (Å²) >= 11 is 0. The molecule has 1 atom stereocenters. The number of hydrogen-bond donors (Lipinski definition) is 2. The average Bonchev–Trinajstić information content (AvgIpc) is 2.39. The van der Waals surface area contributed by atoms with Crippen molar-refractivity contribution in [2.45, 2.75) is 25.7 Å². The van der Waals surface area contributed by atoms with Gasteiger partial charge in [-0.3, -0.25) is 0 Å². The Kier molecular flexibility index (Phi) is 3.97. The molecule has 0 spiro atoms. The summed E-state index contributed by atoms with van der Waals surface area (Å²) in [5, 5.41) is 13.0. The van der Waals surface area contributed by atoms with Gasteiger partial charge in [-0.15, -0.1) is 0 Å². The summed E-state index contributed by atoms with van der Waals surface area (Å²) < 4.78 is 0. The Bertz CT molecular complexity index is 304. The average molecular weight is 219 g/mol. The fourth-order valence-corrected chi connectivity index (χ4v) is 2.51. The van der Waals surface area contributed by atoms with Gasteiger partial charge in [-0.25, -0.2) is 0 Å². The number of piperidine rings is 1. The Morgan fingerprint density at radius 2 is 2.06 bits per heavy atom. The van der Waals surface area contributed by atoms with Gasteiger partial charge in [-0.1, -0.05) is 30.3 Å². The molecular weight excluding hydrogens is 198 g/mol. The molecule has 0 aromatic heterocycles. The van der Waals surface area contributed by atoms with Gasteiger partial charge in [0.15, 0.2) is 0 Å². The van der Waals surface area contributed by atoms with Gasteiger partial charge in [0.05, 0.1) is 0 Å². The van der Waals surface area contributed by atoms with Crippen molar-refractivity contribution in [2.24, 2.45) is 5.41 Å². The number of nitrogens with one attached hydrogen (secondary N) is 1. The SMILES string of the molecule is OCC1(CCc2ccccc2)CCCNC1. The van der Waals surface area contributed by atoms with Crippen molar-refractivity contribution < 1.29 is 5.11 Å². The normalized spacial score (nSPS) is 25.6. The summed E-state index contributed by atoms with van der Waals surface area (Å²) in [5.41, 5.74) is 1.49. The van der Waals surface area contributed by atoms with E-state index in [0.29, 0.717) is 6.61 Å². The second-order valence-electron chi connectivity index (χ2n) is 4.92. The van der Waals surface area contributed by atoms with Crippen LogP contribution >= 0.6 is 0 Å². The molecule has 0 radical (unpaired) electrons. The van der Waals surface area contributed by atoms with E-state index in [1.54, 1.807) is 0 Å². The molecule has 1 unspecified atom stereocenters. The van der Waals surface area contributed by atoms with Crippen LogP contribution in [0.1, 0.15) is 24.8 Å². The van der Waals surface area contributed by atoms with Gasteiger partial charge in [0.25, 0.3) is 0 Å². The van der Waals surface area contributed by atoms with Crippen LogP contribution in [-0.2, 0) is 6.42 Å². The molecule has 0 aliphatic carbocycles. The van der Waals surface area contributed by atoms with Crippen molar-refractivity contribution in [1.82, 2.24) is 5.32 Å². The smallest absolute Gasteiger partial charge is 0.0499 e. The summed E-state index contributed by atoms with van der Waals surface area (Å²) in [7, 11) is 0. The topological polar surface area (TPSA) is 32.3 Å². The molecule has 88 valence electrons. The third-order valence-electron chi connectivity index (χ3n) is 3.68. The zero-order valence-electron chi connectivity index (χ0n) is 9.78. The Hall–Kier alpha value is -0.860. The van der Waals surface area contributed by atoms with Gasteiger partial charge in [-0.05, 0) is 37.8 Å². The zero-order chi connectivity index (χ0) is 11.3. The van der Waals surface area contributed by atoms with Crippen LogP contribution < -0.4 is 5.32 Å². The lowest BCUT2D eigenvalue weighted by molar-refractivity contribution is 0.0862. The van der Waals surface area contributed by atoms with Gasteiger partial charge < -0.3 is 10.4 Å². The molecule has 1 heterocycles. The van der Waals surface area contributed by atoms with E-state index < -0.39 is 0 Å². The predicted octanol–water partition coefficient (Wildman–Crippen LogP) is 1.98.